The van der Waals surface area contributed by atoms with Crippen LogP contribution in [0.2, 0.25) is 0 Å². The Kier molecular flexibility index (Phi) is 4.53. The Hall–Kier alpha value is -1.87. The molecule has 3 nitrogen and oxygen atoms in total. The molecule has 2 aromatic rings. The van der Waals surface area contributed by atoms with E-state index in [0.29, 0.717) is 18.0 Å². The number of halogens is 1. The first-order chi connectivity index (χ1) is 9.20. The summed E-state index contributed by atoms with van der Waals surface area (Å²) >= 11 is 5.78. The molecule has 1 heterocycles. The highest BCUT2D eigenvalue weighted by Gasteiger charge is 2.12. The number of carbonyl (C=O) groups is 1. The molecule has 0 bridgehead atoms. The number of carbonyl (C=O) groups excluding carboxylic acids is 1. The summed E-state index contributed by atoms with van der Waals surface area (Å²) in [7, 11) is 1.79. The zero-order valence-electron chi connectivity index (χ0n) is 10.7. The lowest BCUT2D eigenvalue weighted by Crippen LogP contribution is -2.26. The average molecular weight is 275 g/mol. The third-order valence-corrected chi connectivity index (χ3v) is 3.15. The van der Waals surface area contributed by atoms with Crippen LogP contribution >= 0.6 is 11.6 Å². The van der Waals surface area contributed by atoms with E-state index >= 15 is 0 Å². The minimum atomic E-state index is -0.0104. The zero-order valence-corrected chi connectivity index (χ0v) is 11.5. The summed E-state index contributed by atoms with van der Waals surface area (Å²) in [6, 6.07) is 11.2. The smallest absolute Gasteiger partial charge is 0.253 e. The van der Waals surface area contributed by atoms with E-state index in [1.807, 2.05) is 30.3 Å². The van der Waals surface area contributed by atoms with Gasteiger partial charge < -0.3 is 4.90 Å². The predicted molar refractivity (Wildman–Crippen MR) is 76.0 cm³/mol. The maximum absolute atomic E-state index is 12.3. The van der Waals surface area contributed by atoms with E-state index < -0.39 is 0 Å². The van der Waals surface area contributed by atoms with Crippen LogP contribution in [0.3, 0.4) is 0 Å². The monoisotopic (exact) mass is 274 g/mol. The highest BCUT2D eigenvalue weighted by molar-refractivity contribution is 6.17. The SMILES string of the molecule is CN(Cc1ccncc1)C(=O)c1cccc(CCl)c1. The first-order valence-electron chi connectivity index (χ1n) is 6.00. The van der Waals surface area contributed by atoms with E-state index in [1.54, 1.807) is 30.4 Å². The highest BCUT2D eigenvalue weighted by Crippen LogP contribution is 2.11. The van der Waals surface area contributed by atoms with Gasteiger partial charge in [0.05, 0.1) is 0 Å². The minimum Gasteiger partial charge on any atom is -0.337 e. The van der Waals surface area contributed by atoms with Crippen LogP contribution in [0.25, 0.3) is 0 Å². The molecule has 98 valence electrons. The quantitative estimate of drug-likeness (QED) is 0.803. The van der Waals surface area contributed by atoms with Crippen LogP contribution in [-0.4, -0.2) is 22.8 Å². The van der Waals surface area contributed by atoms with Crippen molar-refractivity contribution in [3.8, 4) is 0 Å². The molecule has 0 saturated carbocycles. The van der Waals surface area contributed by atoms with Gasteiger partial charge in [-0.3, -0.25) is 9.78 Å². The van der Waals surface area contributed by atoms with Gasteiger partial charge in [-0.1, -0.05) is 12.1 Å². The fraction of sp³-hybridized carbons (Fsp3) is 0.200. The lowest BCUT2D eigenvalue weighted by Gasteiger charge is -2.17. The number of amides is 1. The number of aromatic nitrogens is 1. The Labute approximate surface area is 117 Å². The number of rotatable bonds is 4. The van der Waals surface area contributed by atoms with Gasteiger partial charge in [-0.25, -0.2) is 0 Å². The molecule has 19 heavy (non-hydrogen) atoms. The molecule has 0 fully saturated rings. The van der Waals surface area contributed by atoms with Crippen molar-refractivity contribution in [2.45, 2.75) is 12.4 Å². The molecule has 1 aromatic carbocycles. The Morgan fingerprint density at radius 1 is 1.21 bits per heavy atom. The minimum absolute atomic E-state index is 0.0104. The van der Waals surface area contributed by atoms with E-state index in [0.717, 1.165) is 11.1 Å². The van der Waals surface area contributed by atoms with Crippen LogP contribution < -0.4 is 0 Å². The van der Waals surface area contributed by atoms with Gasteiger partial charge in [0.15, 0.2) is 0 Å². The van der Waals surface area contributed by atoms with Crippen LogP contribution in [0.4, 0.5) is 0 Å². The highest BCUT2D eigenvalue weighted by atomic mass is 35.5. The molecule has 0 N–H and O–H groups in total. The van der Waals surface area contributed by atoms with Gasteiger partial charge in [-0.05, 0) is 35.4 Å². The van der Waals surface area contributed by atoms with Gasteiger partial charge in [0.25, 0.3) is 5.91 Å². The topological polar surface area (TPSA) is 33.2 Å². The van der Waals surface area contributed by atoms with Crippen LogP contribution in [0.5, 0.6) is 0 Å². The van der Waals surface area contributed by atoms with Crippen molar-refractivity contribution in [2.24, 2.45) is 0 Å². The van der Waals surface area contributed by atoms with Crippen molar-refractivity contribution in [3.63, 3.8) is 0 Å². The molecule has 1 aromatic heterocycles. The molecule has 0 saturated heterocycles. The summed E-state index contributed by atoms with van der Waals surface area (Å²) in [5.74, 6) is 0.402. The second-order valence-electron chi connectivity index (χ2n) is 4.35. The second-order valence-corrected chi connectivity index (χ2v) is 4.62. The number of alkyl halides is 1. The summed E-state index contributed by atoms with van der Waals surface area (Å²) in [6.07, 6.45) is 3.45. The summed E-state index contributed by atoms with van der Waals surface area (Å²) < 4.78 is 0. The van der Waals surface area contributed by atoms with E-state index in [1.165, 1.54) is 0 Å². The first-order valence-corrected chi connectivity index (χ1v) is 6.53. The maximum Gasteiger partial charge on any atom is 0.253 e. The third-order valence-electron chi connectivity index (χ3n) is 2.84. The largest absolute Gasteiger partial charge is 0.337 e. The molecule has 0 spiro atoms. The Morgan fingerprint density at radius 2 is 1.95 bits per heavy atom. The average Bonchev–Trinajstić information content (AvgIpc) is 2.47. The van der Waals surface area contributed by atoms with E-state index in [9.17, 15) is 4.79 Å². The normalized spacial score (nSPS) is 10.2. The lowest BCUT2D eigenvalue weighted by molar-refractivity contribution is 0.0785. The molecular formula is C15H15ClN2O. The van der Waals surface area contributed by atoms with Crippen LogP contribution in [0, 0.1) is 0 Å². The van der Waals surface area contributed by atoms with Crippen LogP contribution in [-0.2, 0) is 12.4 Å². The molecule has 1 amide bonds. The van der Waals surface area contributed by atoms with Gasteiger partial charge in [0.2, 0.25) is 0 Å². The summed E-state index contributed by atoms with van der Waals surface area (Å²) in [5, 5.41) is 0. The fourth-order valence-electron chi connectivity index (χ4n) is 1.84. The predicted octanol–water partition coefficient (Wildman–Crippen LogP) is 3.09. The Morgan fingerprint density at radius 3 is 2.63 bits per heavy atom. The summed E-state index contributed by atoms with van der Waals surface area (Å²) in [4.78, 5) is 17.9. The van der Waals surface area contributed by atoms with Crippen molar-refractivity contribution in [1.82, 2.24) is 9.88 Å². The van der Waals surface area contributed by atoms with Crippen LogP contribution in [0.1, 0.15) is 21.5 Å². The second kappa shape index (κ2) is 6.34. The first kappa shape index (κ1) is 13.6. The van der Waals surface area contributed by atoms with Gasteiger partial charge in [-0.2, -0.15) is 0 Å². The maximum atomic E-state index is 12.3. The number of hydrogen-bond donors (Lipinski definition) is 0. The standard InChI is InChI=1S/C15H15ClN2O/c1-18(11-12-5-7-17-8-6-12)15(19)14-4-2-3-13(9-14)10-16/h2-9H,10-11H2,1H3. The van der Waals surface area contributed by atoms with Gasteiger partial charge >= 0.3 is 0 Å². The van der Waals surface area contributed by atoms with Gasteiger partial charge in [-0.15, -0.1) is 11.6 Å². The number of pyridine rings is 1. The van der Waals surface area contributed by atoms with Crippen LogP contribution in [0.15, 0.2) is 48.8 Å². The molecular weight excluding hydrogens is 260 g/mol. The van der Waals surface area contributed by atoms with Crippen molar-refractivity contribution in [3.05, 3.63) is 65.5 Å². The molecule has 0 atom stereocenters. The Bertz CT molecular complexity index is 557. The molecule has 0 unspecified atom stereocenters. The molecule has 0 aliphatic heterocycles. The number of nitrogens with zero attached hydrogens (tertiary/aromatic N) is 2. The summed E-state index contributed by atoms with van der Waals surface area (Å²) in [6.45, 7) is 0.562. The molecule has 0 aliphatic rings. The van der Waals surface area contributed by atoms with Crippen molar-refractivity contribution in [1.29, 1.82) is 0 Å². The van der Waals surface area contributed by atoms with Crippen molar-refractivity contribution >= 4 is 17.5 Å². The number of benzene rings is 1. The van der Waals surface area contributed by atoms with Crippen molar-refractivity contribution < 1.29 is 4.79 Å². The Balaban J connectivity index is 2.10. The molecule has 2 rings (SSSR count). The van der Waals surface area contributed by atoms with E-state index in [-0.39, 0.29) is 5.91 Å². The molecule has 0 aliphatic carbocycles. The zero-order chi connectivity index (χ0) is 13.7. The van der Waals surface area contributed by atoms with Gasteiger partial charge in [0, 0.05) is 37.4 Å². The third kappa shape index (κ3) is 3.55. The van der Waals surface area contributed by atoms with Crippen molar-refractivity contribution in [2.75, 3.05) is 7.05 Å². The fourth-order valence-corrected chi connectivity index (χ4v) is 2.01. The van der Waals surface area contributed by atoms with Gasteiger partial charge in [0.1, 0.15) is 0 Å². The summed E-state index contributed by atoms with van der Waals surface area (Å²) in [5.41, 5.74) is 2.67. The molecule has 0 radical (unpaired) electrons. The molecule has 4 heteroatoms. The number of hydrogen-bond acceptors (Lipinski definition) is 2. The van der Waals surface area contributed by atoms with E-state index in [4.69, 9.17) is 11.6 Å². The lowest BCUT2D eigenvalue weighted by atomic mass is 10.1. The van der Waals surface area contributed by atoms with E-state index in [2.05, 4.69) is 4.98 Å².